The zero-order valence-electron chi connectivity index (χ0n) is 24.2. The first kappa shape index (κ1) is 30.6. The summed E-state index contributed by atoms with van der Waals surface area (Å²) in [5.41, 5.74) is 0.799. The monoisotopic (exact) mass is 594 g/mol. The summed E-state index contributed by atoms with van der Waals surface area (Å²) in [6.45, 7) is 5.99. The lowest BCUT2D eigenvalue weighted by Crippen LogP contribution is -2.34. The molecule has 0 saturated heterocycles. The predicted molar refractivity (Wildman–Crippen MR) is 161 cm³/mol. The van der Waals surface area contributed by atoms with E-state index in [1.165, 1.54) is 42.8 Å². The Morgan fingerprint density at radius 3 is 2.21 bits per heavy atom. The fourth-order valence-electron chi connectivity index (χ4n) is 4.51. The highest BCUT2D eigenvalue weighted by Gasteiger charge is 2.26. The van der Waals surface area contributed by atoms with Crippen molar-refractivity contribution >= 4 is 32.6 Å². The molecule has 0 aliphatic carbocycles. The van der Waals surface area contributed by atoms with Crippen LogP contribution in [0.1, 0.15) is 27.2 Å². The van der Waals surface area contributed by atoms with Gasteiger partial charge in [-0.2, -0.15) is 4.31 Å². The molecule has 1 heterocycles. The minimum absolute atomic E-state index is 0.122. The standard InChI is InChI=1S/C31H34N2O8S/c1-6-24(31(35)32-21-14-16-22(17-15-21)42(36,37)33(7-2)8-3)40-30-28(34)23-11-9-10-12-25(23)41-29(30)20-13-18-26(38-4)27(19-20)39-5/h9-19,24H,6-8H2,1-5H3,(H,32,35). The molecular formula is C31H34N2O8S. The maximum Gasteiger partial charge on any atom is 0.265 e. The number of sulfonamides is 1. The van der Waals surface area contributed by atoms with Crippen molar-refractivity contribution in [2.24, 2.45) is 0 Å². The first-order chi connectivity index (χ1) is 20.2. The van der Waals surface area contributed by atoms with E-state index in [0.29, 0.717) is 46.8 Å². The highest BCUT2D eigenvalue weighted by Crippen LogP contribution is 2.37. The summed E-state index contributed by atoms with van der Waals surface area (Å²) in [6.07, 6.45) is -0.829. The van der Waals surface area contributed by atoms with Crippen LogP contribution in [0.5, 0.6) is 17.2 Å². The SMILES string of the molecule is CCC(Oc1c(-c2ccc(OC)c(OC)c2)oc2ccccc2c1=O)C(=O)Nc1ccc(S(=O)(=O)N(CC)CC)cc1. The van der Waals surface area contributed by atoms with E-state index in [4.69, 9.17) is 18.6 Å². The zero-order chi connectivity index (χ0) is 30.4. The maximum atomic E-state index is 13.6. The Morgan fingerprint density at radius 1 is 0.929 bits per heavy atom. The van der Waals surface area contributed by atoms with Crippen LogP contribution in [-0.4, -0.2) is 52.0 Å². The van der Waals surface area contributed by atoms with Gasteiger partial charge in [0.1, 0.15) is 5.58 Å². The average Bonchev–Trinajstić information content (AvgIpc) is 3.00. The highest BCUT2D eigenvalue weighted by atomic mass is 32.2. The topological polar surface area (TPSA) is 124 Å². The number of carbonyl (C=O) groups excluding carboxylic acids is 1. The van der Waals surface area contributed by atoms with Crippen molar-refractivity contribution in [2.75, 3.05) is 32.6 Å². The number of amides is 1. The molecule has 4 rings (SSSR count). The first-order valence-electron chi connectivity index (χ1n) is 13.5. The summed E-state index contributed by atoms with van der Waals surface area (Å²) in [5.74, 6) is 0.421. The van der Waals surface area contributed by atoms with Crippen molar-refractivity contribution in [3.05, 3.63) is 77.0 Å². The average molecular weight is 595 g/mol. The fourth-order valence-corrected chi connectivity index (χ4v) is 5.97. The van der Waals surface area contributed by atoms with Gasteiger partial charge in [0, 0.05) is 24.3 Å². The summed E-state index contributed by atoms with van der Waals surface area (Å²) in [4.78, 5) is 27.1. The molecule has 4 aromatic rings. The van der Waals surface area contributed by atoms with E-state index in [-0.39, 0.29) is 22.8 Å². The van der Waals surface area contributed by atoms with Gasteiger partial charge in [-0.3, -0.25) is 9.59 Å². The third kappa shape index (κ3) is 6.12. The van der Waals surface area contributed by atoms with E-state index < -0.39 is 27.5 Å². The van der Waals surface area contributed by atoms with Gasteiger partial charge >= 0.3 is 0 Å². The second-order valence-electron chi connectivity index (χ2n) is 9.27. The molecule has 3 aromatic carbocycles. The van der Waals surface area contributed by atoms with E-state index in [2.05, 4.69) is 5.32 Å². The summed E-state index contributed by atoms with van der Waals surface area (Å²) in [6, 6.07) is 17.7. The molecule has 42 heavy (non-hydrogen) atoms. The van der Waals surface area contributed by atoms with Crippen LogP contribution in [0.4, 0.5) is 5.69 Å². The summed E-state index contributed by atoms with van der Waals surface area (Å²) < 4.78 is 50.0. The number of nitrogens with zero attached hydrogens (tertiary/aromatic N) is 1. The van der Waals surface area contributed by atoms with Gasteiger partial charge in [-0.1, -0.05) is 32.9 Å². The molecule has 222 valence electrons. The third-order valence-electron chi connectivity index (χ3n) is 6.79. The van der Waals surface area contributed by atoms with Gasteiger partial charge in [-0.15, -0.1) is 0 Å². The Hall–Kier alpha value is -4.35. The molecular weight excluding hydrogens is 560 g/mol. The molecule has 11 heteroatoms. The Morgan fingerprint density at radius 2 is 1.60 bits per heavy atom. The Labute approximate surface area is 244 Å². The molecule has 1 aromatic heterocycles. The number of nitrogens with one attached hydrogen (secondary N) is 1. The molecule has 0 aliphatic heterocycles. The number of carbonyl (C=O) groups is 1. The molecule has 0 bridgehead atoms. The van der Waals surface area contributed by atoms with Crippen LogP contribution in [0.2, 0.25) is 0 Å². The quantitative estimate of drug-likeness (QED) is 0.234. The van der Waals surface area contributed by atoms with Crippen LogP contribution < -0.4 is 25.0 Å². The second-order valence-corrected chi connectivity index (χ2v) is 11.2. The van der Waals surface area contributed by atoms with Crippen LogP contribution in [0.3, 0.4) is 0 Å². The van der Waals surface area contributed by atoms with Gasteiger partial charge in [0.2, 0.25) is 21.2 Å². The number of anilines is 1. The molecule has 0 spiro atoms. The van der Waals surface area contributed by atoms with Crippen molar-refractivity contribution in [1.29, 1.82) is 0 Å². The summed E-state index contributed by atoms with van der Waals surface area (Å²) in [5, 5.41) is 3.06. The van der Waals surface area contributed by atoms with Crippen molar-refractivity contribution in [2.45, 2.75) is 38.2 Å². The molecule has 1 amide bonds. The lowest BCUT2D eigenvalue weighted by molar-refractivity contribution is -0.122. The van der Waals surface area contributed by atoms with Gasteiger partial charge in [-0.25, -0.2) is 8.42 Å². The van der Waals surface area contributed by atoms with Crippen molar-refractivity contribution in [3.8, 4) is 28.6 Å². The predicted octanol–water partition coefficient (Wildman–Crippen LogP) is 5.30. The van der Waals surface area contributed by atoms with Crippen LogP contribution in [-0.2, 0) is 14.8 Å². The molecule has 0 fully saturated rings. The number of benzene rings is 3. The molecule has 0 saturated carbocycles. The highest BCUT2D eigenvalue weighted by molar-refractivity contribution is 7.89. The number of methoxy groups -OCH3 is 2. The molecule has 1 atom stereocenters. The van der Waals surface area contributed by atoms with E-state index in [0.717, 1.165) is 0 Å². The van der Waals surface area contributed by atoms with E-state index >= 15 is 0 Å². The Balaban J connectivity index is 1.67. The van der Waals surface area contributed by atoms with Crippen LogP contribution in [0.15, 0.2) is 80.8 Å². The normalized spacial score (nSPS) is 12.2. The van der Waals surface area contributed by atoms with Crippen molar-refractivity contribution in [3.63, 3.8) is 0 Å². The summed E-state index contributed by atoms with van der Waals surface area (Å²) in [7, 11) is -0.621. The third-order valence-corrected chi connectivity index (χ3v) is 8.85. The van der Waals surface area contributed by atoms with Gasteiger partial charge in [0.05, 0.1) is 24.5 Å². The van der Waals surface area contributed by atoms with Crippen molar-refractivity contribution < 1.29 is 31.8 Å². The fraction of sp³-hybridized carbons (Fsp3) is 0.290. The summed E-state index contributed by atoms with van der Waals surface area (Å²) >= 11 is 0. The van der Waals surface area contributed by atoms with Crippen LogP contribution in [0, 0.1) is 0 Å². The number of para-hydroxylation sites is 1. The van der Waals surface area contributed by atoms with Gasteiger partial charge in [-0.05, 0) is 61.0 Å². The Bertz CT molecular complexity index is 1730. The molecule has 1 unspecified atom stereocenters. The van der Waals surface area contributed by atoms with Crippen LogP contribution >= 0.6 is 0 Å². The Kier molecular flexibility index (Phi) is 9.54. The minimum atomic E-state index is -3.64. The first-order valence-corrected chi connectivity index (χ1v) is 15.0. The maximum absolute atomic E-state index is 13.6. The molecule has 0 aliphatic rings. The molecule has 0 radical (unpaired) electrons. The number of hydrogen-bond donors (Lipinski definition) is 1. The van der Waals surface area contributed by atoms with E-state index in [1.807, 2.05) is 0 Å². The molecule has 10 nitrogen and oxygen atoms in total. The van der Waals surface area contributed by atoms with Crippen LogP contribution in [0.25, 0.3) is 22.3 Å². The minimum Gasteiger partial charge on any atom is -0.493 e. The van der Waals surface area contributed by atoms with Gasteiger partial charge < -0.3 is 23.9 Å². The van der Waals surface area contributed by atoms with Gasteiger partial charge in [0.15, 0.2) is 23.4 Å². The van der Waals surface area contributed by atoms with E-state index in [9.17, 15) is 18.0 Å². The molecule has 1 N–H and O–H groups in total. The lowest BCUT2D eigenvalue weighted by Gasteiger charge is -2.20. The number of rotatable bonds is 12. The number of fused-ring (bicyclic) bond motifs is 1. The largest absolute Gasteiger partial charge is 0.493 e. The second kappa shape index (κ2) is 13.1. The lowest BCUT2D eigenvalue weighted by atomic mass is 10.1. The smallest absolute Gasteiger partial charge is 0.265 e. The number of hydrogen-bond acceptors (Lipinski definition) is 8. The van der Waals surface area contributed by atoms with E-state index in [1.54, 1.807) is 63.2 Å². The van der Waals surface area contributed by atoms with Crippen molar-refractivity contribution in [1.82, 2.24) is 4.31 Å². The van der Waals surface area contributed by atoms with Gasteiger partial charge in [0.25, 0.3) is 5.91 Å². The number of ether oxygens (including phenoxy) is 3. The zero-order valence-corrected chi connectivity index (χ0v) is 25.0.